The molecule has 0 saturated carbocycles. The lowest BCUT2D eigenvalue weighted by Crippen LogP contribution is -2.36. The summed E-state index contributed by atoms with van der Waals surface area (Å²) in [5, 5.41) is 2.58. The van der Waals surface area contributed by atoms with Crippen LogP contribution in [0.2, 0.25) is 0 Å². The summed E-state index contributed by atoms with van der Waals surface area (Å²) in [4.78, 5) is 12.6. The van der Waals surface area contributed by atoms with Crippen molar-refractivity contribution in [3.05, 3.63) is 48.5 Å². The third kappa shape index (κ3) is 5.29. The van der Waals surface area contributed by atoms with Crippen molar-refractivity contribution in [3.8, 4) is 5.75 Å². The van der Waals surface area contributed by atoms with Gasteiger partial charge in [-0.1, -0.05) is 24.6 Å². The summed E-state index contributed by atoms with van der Waals surface area (Å²) in [6.45, 7) is 0.436. The number of benzene rings is 2. The van der Waals surface area contributed by atoms with Crippen LogP contribution >= 0.6 is 0 Å². The first-order chi connectivity index (χ1) is 15.2. The van der Waals surface area contributed by atoms with Gasteiger partial charge in [-0.15, -0.1) is 0 Å². The summed E-state index contributed by atoms with van der Waals surface area (Å²) in [6, 6.07) is 12.1. The molecule has 1 aliphatic heterocycles. The summed E-state index contributed by atoms with van der Waals surface area (Å²) < 4.78 is 59.0. The average Bonchev–Trinajstić information content (AvgIpc) is 2.80. The number of likely N-dealkylation sites (N-methyl/N-ethyl adjacent to an activating group) is 1. The van der Waals surface area contributed by atoms with Crippen LogP contribution in [0.1, 0.15) is 19.3 Å². The predicted molar refractivity (Wildman–Crippen MR) is 120 cm³/mol. The first-order valence-electron chi connectivity index (χ1n) is 10.2. The summed E-state index contributed by atoms with van der Waals surface area (Å²) in [5.74, 6) is -0.421. The van der Waals surface area contributed by atoms with Crippen molar-refractivity contribution < 1.29 is 26.4 Å². The van der Waals surface area contributed by atoms with E-state index in [1.807, 2.05) is 0 Å². The van der Waals surface area contributed by atoms with Gasteiger partial charge in [-0.05, 0) is 43.2 Å². The van der Waals surface area contributed by atoms with Crippen LogP contribution in [0.15, 0.2) is 58.3 Å². The molecule has 2 aromatic carbocycles. The van der Waals surface area contributed by atoms with Crippen molar-refractivity contribution >= 4 is 31.6 Å². The Bertz CT molecular complexity index is 1160. The van der Waals surface area contributed by atoms with Gasteiger partial charge in [0.2, 0.25) is 26.0 Å². The number of nitrogens with zero attached hydrogens (tertiary/aromatic N) is 2. The molecule has 1 aliphatic rings. The molecule has 1 N–H and O–H groups in total. The molecule has 2 aromatic rings. The molecule has 0 spiro atoms. The molecule has 0 unspecified atom stereocenters. The van der Waals surface area contributed by atoms with Gasteiger partial charge in [-0.25, -0.2) is 16.8 Å². The van der Waals surface area contributed by atoms with Gasteiger partial charge >= 0.3 is 0 Å². The number of sulfonamides is 2. The van der Waals surface area contributed by atoms with E-state index >= 15 is 0 Å². The smallest absolute Gasteiger partial charge is 0.246 e. The Morgan fingerprint density at radius 3 is 2.31 bits per heavy atom. The van der Waals surface area contributed by atoms with Gasteiger partial charge in [-0.3, -0.25) is 4.79 Å². The van der Waals surface area contributed by atoms with Crippen molar-refractivity contribution in [2.24, 2.45) is 0 Å². The second-order valence-corrected chi connectivity index (χ2v) is 11.4. The zero-order chi connectivity index (χ0) is 23.4. The Kier molecular flexibility index (Phi) is 7.55. The Hall–Kier alpha value is -2.47. The van der Waals surface area contributed by atoms with E-state index in [0.717, 1.165) is 23.6 Å². The molecule has 0 radical (unpaired) electrons. The summed E-state index contributed by atoms with van der Waals surface area (Å²) in [5.41, 5.74) is 0.233. The van der Waals surface area contributed by atoms with Crippen LogP contribution in [0.3, 0.4) is 0 Å². The third-order valence-electron chi connectivity index (χ3n) is 5.20. The van der Waals surface area contributed by atoms with Crippen molar-refractivity contribution in [1.29, 1.82) is 0 Å². The van der Waals surface area contributed by atoms with E-state index in [-0.39, 0.29) is 21.2 Å². The Balaban J connectivity index is 1.77. The van der Waals surface area contributed by atoms with E-state index in [0.29, 0.717) is 13.1 Å². The minimum atomic E-state index is -3.83. The van der Waals surface area contributed by atoms with Crippen LogP contribution in [0.5, 0.6) is 5.75 Å². The first-order valence-corrected chi connectivity index (χ1v) is 13.0. The van der Waals surface area contributed by atoms with Crippen LogP contribution in [-0.4, -0.2) is 65.1 Å². The molecule has 1 saturated heterocycles. The molecule has 0 aromatic heterocycles. The van der Waals surface area contributed by atoms with Gasteiger partial charge < -0.3 is 10.1 Å². The van der Waals surface area contributed by atoms with Crippen LogP contribution in [0.4, 0.5) is 5.69 Å². The number of amides is 1. The number of nitrogens with one attached hydrogen (secondary N) is 1. The van der Waals surface area contributed by atoms with E-state index in [2.05, 4.69) is 5.32 Å². The normalized spacial score (nSPS) is 15.5. The van der Waals surface area contributed by atoms with Crippen LogP contribution < -0.4 is 10.1 Å². The van der Waals surface area contributed by atoms with Gasteiger partial charge in [0, 0.05) is 25.8 Å². The van der Waals surface area contributed by atoms with Crippen molar-refractivity contribution in [3.63, 3.8) is 0 Å². The summed E-state index contributed by atoms with van der Waals surface area (Å²) in [7, 11) is -4.94. The summed E-state index contributed by atoms with van der Waals surface area (Å²) >= 11 is 0. The fourth-order valence-corrected chi connectivity index (χ4v) is 6.31. The number of carbonyl (C=O) groups is 1. The number of rotatable bonds is 8. The lowest BCUT2D eigenvalue weighted by atomic mass is 10.2. The molecule has 1 amide bonds. The van der Waals surface area contributed by atoms with Crippen molar-refractivity contribution in [2.75, 3.05) is 39.1 Å². The predicted octanol–water partition coefficient (Wildman–Crippen LogP) is 2.13. The molecule has 11 heteroatoms. The monoisotopic (exact) mass is 481 g/mol. The highest BCUT2D eigenvalue weighted by Crippen LogP contribution is 2.31. The highest BCUT2D eigenvalue weighted by atomic mass is 32.2. The maximum Gasteiger partial charge on any atom is 0.246 e. The van der Waals surface area contributed by atoms with Crippen molar-refractivity contribution in [2.45, 2.75) is 29.1 Å². The number of piperidine rings is 1. The quantitative estimate of drug-likeness (QED) is 0.618. The lowest BCUT2D eigenvalue weighted by molar-refractivity contribution is -0.116. The standard InChI is InChI=1S/C21H27N3O6S2/c1-23(31(26,27)18-9-5-3-6-10-18)16-21(25)22-17-11-12-19(30-2)20(15-17)32(28,29)24-13-7-4-8-14-24/h3,5-6,9-12,15H,4,7-8,13-14,16H2,1-2H3,(H,22,25). The van der Waals surface area contributed by atoms with E-state index < -0.39 is 32.5 Å². The first kappa shape index (κ1) is 24.2. The van der Waals surface area contributed by atoms with E-state index in [9.17, 15) is 21.6 Å². The Morgan fingerprint density at radius 1 is 1.03 bits per heavy atom. The third-order valence-corrected chi connectivity index (χ3v) is 8.94. The minimum absolute atomic E-state index is 0.0371. The molecular formula is C21H27N3O6S2. The molecule has 0 bridgehead atoms. The SMILES string of the molecule is COc1ccc(NC(=O)CN(C)S(=O)(=O)c2ccccc2)cc1S(=O)(=O)N1CCCCC1. The highest BCUT2D eigenvalue weighted by molar-refractivity contribution is 7.89. The number of hydrogen-bond donors (Lipinski definition) is 1. The van der Waals surface area contributed by atoms with Crippen LogP contribution in [-0.2, 0) is 24.8 Å². The second kappa shape index (κ2) is 9.99. The van der Waals surface area contributed by atoms with Gasteiger partial charge in [0.05, 0.1) is 18.6 Å². The molecule has 0 aliphatic carbocycles. The van der Waals surface area contributed by atoms with Crippen LogP contribution in [0, 0.1) is 0 Å². The topological polar surface area (TPSA) is 113 Å². The van der Waals surface area contributed by atoms with Crippen LogP contribution in [0.25, 0.3) is 0 Å². The fourth-order valence-electron chi connectivity index (χ4n) is 3.46. The number of ether oxygens (including phenoxy) is 1. The molecule has 174 valence electrons. The molecule has 9 nitrogen and oxygen atoms in total. The summed E-state index contributed by atoms with van der Waals surface area (Å²) in [6.07, 6.45) is 2.57. The van der Waals surface area contributed by atoms with E-state index in [1.54, 1.807) is 18.2 Å². The maximum atomic E-state index is 13.1. The average molecular weight is 482 g/mol. The molecule has 1 fully saturated rings. The molecule has 32 heavy (non-hydrogen) atoms. The van der Waals surface area contributed by atoms with Gasteiger partial charge in [0.1, 0.15) is 10.6 Å². The zero-order valence-corrected chi connectivity index (χ0v) is 19.7. The number of carbonyl (C=O) groups excluding carboxylic acids is 1. The second-order valence-electron chi connectivity index (χ2n) is 7.45. The minimum Gasteiger partial charge on any atom is -0.495 e. The molecular weight excluding hydrogens is 454 g/mol. The number of methoxy groups -OCH3 is 1. The fraction of sp³-hybridized carbons (Fsp3) is 0.381. The van der Waals surface area contributed by atoms with E-state index in [1.165, 1.54) is 48.8 Å². The largest absolute Gasteiger partial charge is 0.495 e. The van der Waals surface area contributed by atoms with Gasteiger partial charge in [0.25, 0.3) is 0 Å². The maximum absolute atomic E-state index is 13.1. The van der Waals surface area contributed by atoms with E-state index in [4.69, 9.17) is 4.74 Å². The Labute approximate surface area is 189 Å². The number of anilines is 1. The van der Waals surface area contributed by atoms with Crippen molar-refractivity contribution in [1.82, 2.24) is 8.61 Å². The molecule has 3 rings (SSSR count). The highest BCUT2D eigenvalue weighted by Gasteiger charge is 2.29. The zero-order valence-electron chi connectivity index (χ0n) is 18.0. The molecule has 0 atom stereocenters. The van der Waals surface area contributed by atoms with Gasteiger partial charge in [0.15, 0.2) is 0 Å². The number of hydrogen-bond acceptors (Lipinski definition) is 6. The lowest BCUT2D eigenvalue weighted by Gasteiger charge is -2.26. The molecule has 1 heterocycles. The Morgan fingerprint density at radius 2 is 1.69 bits per heavy atom. The van der Waals surface area contributed by atoms with Gasteiger partial charge in [-0.2, -0.15) is 8.61 Å².